The lowest BCUT2D eigenvalue weighted by Crippen LogP contribution is -2.39. The number of carbonyl (C=O) groups excluding carboxylic acids is 2. The number of amides is 1. The first kappa shape index (κ1) is 25.2. The maximum atomic E-state index is 13.6. The monoisotopic (exact) mass is 537 g/mol. The molecular formula is C27H27N3O5S2. The van der Waals surface area contributed by atoms with Crippen molar-refractivity contribution in [2.24, 2.45) is 4.99 Å². The van der Waals surface area contributed by atoms with Gasteiger partial charge in [-0.1, -0.05) is 29.5 Å². The Morgan fingerprint density at radius 1 is 1.16 bits per heavy atom. The minimum atomic E-state index is -0.582. The van der Waals surface area contributed by atoms with Crippen LogP contribution in [0.1, 0.15) is 43.2 Å². The first-order valence-electron chi connectivity index (χ1n) is 12.2. The lowest BCUT2D eigenvalue weighted by Gasteiger charge is -2.23. The number of allylic oxidation sites excluding steroid dienone is 1. The van der Waals surface area contributed by atoms with Gasteiger partial charge in [0.2, 0.25) is 0 Å². The number of benzene rings is 1. The highest BCUT2D eigenvalue weighted by Crippen LogP contribution is 2.33. The van der Waals surface area contributed by atoms with Crippen molar-refractivity contribution in [1.82, 2.24) is 9.47 Å². The van der Waals surface area contributed by atoms with Crippen molar-refractivity contribution in [3.05, 3.63) is 83.2 Å². The number of fused-ring (bicyclic) bond motifs is 1. The molecule has 1 amide bonds. The average molecular weight is 538 g/mol. The van der Waals surface area contributed by atoms with Crippen molar-refractivity contribution < 1.29 is 19.1 Å². The van der Waals surface area contributed by atoms with Crippen molar-refractivity contribution in [2.75, 3.05) is 26.3 Å². The van der Waals surface area contributed by atoms with E-state index in [0.717, 1.165) is 36.4 Å². The average Bonchev–Trinajstić information content (AvgIpc) is 3.66. The predicted molar refractivity (Wildman–Crippen MR) is 142 cm³/mol. The summed E-state index contributed by atoms with van der Waals surface area (Å²) in [5, 5.41) is 1.92. The highest BCUT2D eigenvalue weighted by Gasteiger charge is 2.33. The molecule has 10 heteroatoms. The fourth-order valence-corrected chi connectivity index (χ4v) is 6.39. The summed E-state index contributed by atoms with van der Waals surface area (Å²) >= 11 is 2.77. The maximum absolute atomic E-state index is 13.6. The fraction of sp³-hybridized carbons (Fsp3) is 0.333. The van der Waals surface area contributed by atoms with Gasteiger partial charge in [0.1, 0.15) is 11.8 Å². The second-order valence-electron chi connectivity index (χ2n) is 8.76. The summed E-state index contributed by atoms with van der Waals surface area (Å²) in [6.45, 7) is 5.38. The standard InChI is InChI=1S/C27H27N3O5S2/c1-3-34-26(33)23-17(2)28-27-30(24(23)20-7-6-14-36-20)25(32)21(37-27)15-18-8-10-19(11-9-18)35-16-22(31)29-12-4-5-13-29/h6-11,14-15,24H,3-5,12-13,16H2,1-2H3/b21-15+/t24-/m1/s1. The van der Waals surface area contributed by atoms with Gasteiger partial charge in [0, 0.05) is 18.0 Å². The molecule has 0 saturated carbocycles. The molecular weight excluding hydrogens is 510 g/mol. The van der Waals surface area contributed by atoms with Crippen molar-refractivity contribution in [3.63, 3.8) is 0 Å². The number of carbonyl (C=O) groups is 2. The minimum Gasteiger partial charge on any atom is -0.484 e. The van der Waals surface area contributed by atoms with Crippen LogP contribution in [-0.2, 0) is 14.3 Å². The molecule has 0 radical (unpaired) electrons. The number of likely N-dealkylation sites (tertiary alicyclic amines) is 1. The van der Waals surface area contributed by atoms with Gasteiger partial charge >= 0.3 is 5.97 Å². The molecule has 1 aromatic carbocycles. The van der Waals surface area contributed by atoms with E-state index in [4.69, 9.17) is 9.47 Å². The zero-order chi connectivity index (χ0) is 25.9. The van der Waals surface area contributed by atoms with Gasteiger partial charge in [0.25, 0.3) is 11.5 Å². The number of hydrogen-bond acceptors (Lipinski definition) is 8. The Kier molecular flexibility index (Phi) is 7.38. The van der Waals surface area contributed by atoms with Crippen LogP contribution >= 0.6 is 22.7 Å². The van der Waals surface area contributed by atoms with Crippen LogP contribution in [0.2, 0.25) is 0 Å². The highest BCUT2D eigenvalue weighted by molar-refractivity contribution is 7.10. The van der Waals surface area contributed by atoms with Gasteiger partial charge in [0.05, 0.1) is 22.4 Å². The number of rotatable bonds is 7. The van der Waals surface area contributed by atoms with Gasteiger partial charge < -0.3 is 14.4 Å². The van der Waals surface area contributed by atoms with Crippen LogP contribution in [-0.4, -0.2) is 47.6 Å². The largest absolute Gasteiger partial charge is 0.484 e. The molecule has 0 bridgehead atoms. The molecule has 192 valence electrons. The third kappa shape index (κ3) is 5.17. The number of nitrogens with zero attached hydrogens (tertiary/aromatic N) is 3. The van der Waals surface area contributed by atoms with E-state index < -0.39 is 12.0 Å². The fourth-order valence-electron chi connectivity index (χ4n) is 4.52. The molecule has 1 saturated heterocycles. The van der Waals surface area contributed by atoms with Crippen LogP contribution in [0, 0.1) is 0 Å². The number of aromatic nitrogens is 1. The molecule has 5 rings (SSSR count). The van der Waals surface area contributed by atoms with Gasteiger partial charge in [-0.05, 0) is 61.9 Å². The summed E-state index contributed by atoms with van der Waals surface area (Å²) in [5.41, 5.74) is 1.54. The number of thiophene rings is 1. The summed E-state index contributed by atoms with van der Waals surface area (Å²) in [5.74, 6) is 0.134. The Morgan fingerprint density at radius 2 is 1.92 bits per heavy atom. The highest BCUT2D eigenvalue weighted by atomic mass is 32.1. The molecule has 3 aromatic rings. The van der Waals surface area contributed by atoms with E-state index in [1.165, 1.54) is 22.7 Å². The van der Waals surface area contributed by atoms with Crippen molar-refractivity contribution in [1.29, 1.82) is 0 Å². The van der Waals surface area contributed by atoms with Crippen LogP contribution in [0.25, 0.3) is 6.08 Å². The van der Waals surface area contributed by atoms with Crippen LogP contribution in [0.4, 0.5) is 0 Å². The topological polar surface area (TPSA) is 90.2 Å². The van der Waals surface area contributed by atoms with Gasteiger partial charge in [-0.3, -0.25) is 14.2 Å². The quantitative estimate of drug-likeness (QED) is 0.433. The maximum Gasteiger partial charge on any atom is 0.338 e. The van der Waals surface area contributed by atoms with Gasteiger partial charge in [-0.2, -0.15) is 0 Å². The third-order valence-corrected chi connectivity index (χ3v) is 8.24. The smallest absolute Gasteiger partial charge is 0.338 e. The Labute approximate surface area is 221 Å². The van der Waals surface area contributed by atoms with Crippen LogP contribution in [0.15, 0.2) is 62.8 Å². The molecule has 0 aliphatic carbocycles. The normalized spacial score (nSPS) is 17.5. The summed E-state index contributed by atoms with van der Waals surface area (Å²) in [7, 11) is 0. The van der Waals surface area contributed by atoms with E-state index in [0.29, 0.717) is 26.4 Å². The SMILES string of the molecule is CCOC(=O)C1=C(C)N=c2s/c(=C/c3ccc(OCC(=O)N4CCCC4)cc3)c(=O)n2[C@@H]1c1cccs1. The number of thiazole rings is 1. The summed E-state index contributed by atoms with van der Waals surface area (Å²) in [6, 6.07) is 10.5. The Balaban J connectivity index is 1.43. The molecule has 0 unspecified atom stereocenters. The van der Waals surface area contributed by atoms with E-state index in [2.05, 4.69) is 4.99 Å². The third-order valence-electron chi connectivity index (χ3n) is 6.33. The van der Waals surface area contributed by atoms with Crippen LogP contribution < -0.4 is 19.6 Å². The summed E-state index contributed by atoms with van der Waals surface area (Å²) in [4.78, 5) is 46.5. The van der Waals surface area contributed by atoms with Crippen molar-refractivity contribution >= 4 is 40.6 Å². The second-order valence-corrected chi connectivity index (χ2v) is 10.8. The molecule has 0 N–H and O–H groups in total. The zero-order valence-electron chi connectivity index (χ0n) is 20.6. The molecule has 0 spiro atoms. The molecule has 2 aliphatic heterocycles. The van der Waals surface area contributed by atoms with E-state index in [1.54, 1.807) is 36.6 Å². The van der Waals surface area contributed by atoms with Crippen molar-refractivity contribution in [3.8, 4) is 5.75 Å². The van der Waals surface area contributed by atoms with Crippen LogP contribution in [0.3, 0.4) is 0 Å². The van der Waals surface area contributed by atoms with Gasteiger partial charge in [-0.15, -0.1) is 11.3 Å². The second kappa shape index (κ2) is 10.9. The first-order chi connectivity index (χ1) is 18.0. The van der Waals surface area contributed by atoms with Crippen molar-refractivity contribution in [2.45, 2.75) is 32.7 Å². The molecule has 2 aromatic heterocycles. The lowest BCUT2D eigenvalue weighted by atomic mass is 10.0. The van der Waals surface area contributed by atoms with E-state index in [1.807, 2.05) is 34.5 Å². The number of esters is 1. The molecule has 37 heavy (non-hydrogen) atoms. The summed E-state index contributed by atoms with van der Waals surface area (Å²) in [6.07, 6.45) is 3.89. The van der Waals surface area contributed by atoms with Gasteiger partial charge in [0.15, 0.2) is 11.4 Å². The van der Waals surface area contributed by atoms with Gasteiger partial charge in [-0.25, -0.2) is 9.79 Å². The zero-order valence-corrected chi connectivity index (χ0v) is 22.3. The predicted octanol–water partition coefficient (Wildman–Crippen LogP) is 2.86. The minimum absolute atomic E-state index is 0.000428. The van der Waals surface area contributed by atoms with E-state index >= 15 is 0 Å². The first-order valence-corrected chi connectivity index (χ1v) is 13.9. The Bertz CT molecular complexity index is 1510. The summed E-state index contributed by atoms with van der Waals surface area (Å²) < 4.78 is 13.1. The van der Waals surface area contributed by atoms with E-state index in [9.17, 15) is 14.4 Å². The molecule has 8 nitrogen and oxygen atoms in total. The number of ether oxygens (including phenoxy) is 2. The number of hydrogen-bond donors (Lipinski definition) is 0. The molecule has 2 aliphatic rings. The molecule has 1 fully saturated rings. The Morgan fingerprint density at radius 3 is 2.59 bits per heavy atom. The molecule has 4 heterocycles. The lowest BCUT2D eigenvalue weighted by molar-refractivity contribution is -0.139. The van der Waals surface area contributed by atoms with Crippen LogP contribution in [0.5, 0.6) is 5.75 Å². The molecule has 1 atom stereocenters. The Hall–Kier alpha value is -3.50. The van der Waals surface area contributed by atoms with E-state index in [-0.39, 0.29) is 24.7 Å².